The Bertz CT molecular complexity index is 617. The van der Waals surface area contributed by atoms with Gasteiger partial charge in [0.05, 0.1) is 17.0 Å². The van der Waals surface area contributed by atoms with Crippen LogP contribution in [0.1, 0.15) is 55.5 Å². The molecule has 23 heavy (non-hydrogen) atoms. The summed E-state index contributed by atoms with van der Waals surface area (Å²) in [6.45, 7) is 2.70. The van der Waals surface area contributed by atoms with E-state index < -0.39 is 5.60 Å². The molecule has 0 amide bonds. The van der Waals surface area contributed by atoms with Gasteiger partial charge in [0.2, 0.25) is 0 Å². The topological polar surface area (TPSA) is 70.1 Å². The van der Waals surface area contributed by atoms with E-state index in [-0.39, 0.29) is 5.54 Å². The first-order valence-corrected chi connectivity index (χ1v) is 9.13. The summed E-state index contributed by atoms with van der Waals surface area (Å²) >= 11 is 0. The van der Waals surface area contributed by atoms with Gasteiger partial charge in [-0.25, -0.2) is 9.97 Å². The van der Waals surface area contributed by atoms with Gasteiger partial charge in [-0.05, 0) is 68.9 Å². The van der Waals surface area contributed by atoms with Crippen molar-refractivity contribution in [2.75, 3.05) is 6.54 Å². The highest BCUT2D eigenvalue weighted by Crippen LogP contribution is 2.57. The molecule has 3 N–H and O–H groups in total. The van der Waals surface area contributed by atoms with Crippen molar-refractivity contribution < 1.29 is 5.11 Å². The molecule has 0 aromatic carbocycles. The summed E-state index contributed by atoms with van der Waals surface area (Å²) in [4.78, 5) is 8.99. The molecule has 2 heterocycles. The first kappa shape index (κ1) is 14.3. The van der Waals surface area contributed by atoms with E-state index in [1.165, 1.54) is 30.5 Å². The number of hydrogen-bond donors (Lipinski definition) is 3. The molecule has 4 bridgehead atoms. The molecule has 0 spiro atoms. The number of nitrogens with one attached hydrogen (secondary N) is 2. The van der Waals surface area contributed by atoms with Crippen molar-refractivity contribution in [3.8, 4) is 0 Å². The summed E-state index contributed by atoms with van der Waals surface area (Å²) in [5.74, 6) is 1.44. The van der Waals surface area contributed by atoms with Gasteiger partial charge in [0.15, 0.2) is 0 Å². The van der Waals surface area contributed by atoms with Gasteiger partial charge in [-0.2, -0.15) is 0 Å². The molecule has 4 fully saturated rings. The lowest BCUT2D eigenvalue weighted by Crippen LogP contribution is -2.64. The molecule has 124 valence electrons. The van der Waals surface area contributed by atoms with Gasteiger partial charge < -0.3 is 15.7 Å². The lowest BCUT2D eigenvalue weighted by Gasteiger charge is -2.60. The van der Waals surface area contributed by atoms with Crippen LogP contribution in [0.25, 0.3) is 0 Å². The van der Waals surface area contributed by atoms with Gasteiger partial charge in [0, 0.05) is 18.6 Å². The van der Waals surface area contributed by atoms with Crippen LogP contribution in [0.5, 0.6) is 0 Å². The van der Waals surface area contributed by atoms with Gasteiger partial charge in [-0.1, -0.05) is 0 Å². The van der Waals surface area contributed by atoms with E-state index in [1.54, 1.807) is 6.33 Å². The van der Waals surface area contributed by atoms with E-state index in [0.29, 0.717) is 0 Å². The quantitative estimate of drug-likeness (QED) is 0.784. The molecule has 6 rings (SSSR count). The molecule has 5 aliphatic rings. The minimum atomic E-state index is -0.397. The molecule has 0 radical (unpaired) electrons. The Morgan fingerprint density at radius 1 is 1.22 bits per heavy atom. The first-order chi connectivity index (χ1) is 11.1. The number of aromatic nitrogens is 2. The van der Waals surface area contributed by atoms with Crippen LogP contribution in [-0.2, 0) is 19.5 Å². The Labute approximate surface area is 137 Å². The van der Waals surface area contributed by atoms with Gasteiger partial charge in [-0.3, -0.25) is 0 Å². The van der Waals surface area contributed by atoms with Crippen molar-refractivity contribution in [3.05, 3.63) is 23.3 Å². The van der Waals surface area contributed by atoms with Crippen LogP contribution < -0.4 is 10.6 Å². The molecule has 5 heteroatoms. The third-order valence-electron chi connectivity index (χ3n) is 6.63. The fourth-order valence-corrected chi connectivity index (χ4v) is 6.20. The molecule has 0 saturated heterocycles. The Morgan fingerprint density at radius 2 is 2.04 bits per heavy atom. The van der Waals surface area contributed by atoms with E-state index in [2.05, 4.69) is 20.6 Å². The van der Waals surface area contributed by atoms with Crippen LogP contribution in [-0.4, -0.2) is 32.8 Å². The minimum absolute atomic E-state index is 0.142. The standard InChI is InChI=1S/C18H26N4O/c23-18-6-12-3-13(7-18)5-17(4-12,10-18)22-9-16-14-1-2-19-8-15(14)20-11-21-16/h11-13,19,22-23H,1-10H2. The highest BCUT2D eigenvalue weighted by atomic mass is 16.3. The molecule has 2 unspecified atom stereocenters. The molecule has 4 aliphatic carbocycles. The summed E-state index contributed by atoms with van der Waals surface area (Å²) < 4.78 is 0. The monoisotopic (exact) mass is 314 g/mol. The van der Waals surface area contributed by atoms with Gasteiger partial charge in [0.1, 0.15) is 6.33 Å². The highest BCUT2D eigenvalue weighted by Gasteiger charge is 2.56. The Kier molecular flexibility index (Phi) is 3.10. The number of nitrogens with zero attached hydrogens (tertiary/aromatic N) is 2. The largest absolute Gasteiger partial charge is 0.390 e. The smallest absolute Gasteiger partial charge is 0.116 e. The third-order valence-corrected chi connectivity index (χ3v) is 6.63. The molecule has 2 atom stereocenters. The number of aliphatic hydroxyl groups is 1. The molecule has 5 nitrogen and oxygen atoms in total. The van der Waals surface area contributed by atoms with Crippen molar-refractivity contribution in [1.29, 1.82) is 0 Å². The van der Waals surface area contributed by atoms with Crippen molar-refractivity contribution >= 4 is 0 Å². The van der Waals surface area contributed by atoms with Gasteiger partial charge >= 0.3 is 0 Å². The molecular formula is C18H26N4O. The zero-order valence-corrected chi connectivity index (χ0v) is 13.6. The van der Waals surface area contributed by atoms with E-state index in [4.69, 9.17) is 0 Å². The SMILES string of the molecule is OC12CC3CC(C1)CC(NCc1ncnc4c1CCNC4)(C3)C2. The summed E-state index contributed by atoms with van der Waals surface area (Å²) in [5, 5.41) is 18.1. The van der Waals surface area contributed by atoms with E-state index in [1.807, 2.05) is 0 Å². The zero-order valence-electron chi connectivity index (χ0n) is 13.6. The Hall–Kier alpha value is -1.04. The van der Waals surface area contributed by atoms with Crippen molar-refractivity contribution in [2.24, 2.45) is 11.8 Å². The van der Waals surface area contributed by atoms with Crippen molar-refractivity contribution in [1.82, 2.24) is 20.6 Å². The summed E-state index contributed by atoms with van der Waals surface area (Å²) in [6, 6.07) is 0. The predicted octanol–water partition coefficient (Wildman–Crippen LogP) is 1.30. The minimum Gasteiger partial charge on any atom is -0.390 e. The second-order valence-electron chi connectivity index (χ2n) is 8.49. The average Bonchev–Trinajstić information content (AvgIpc) is 2.50. The van der Waals surface area contributed by atoms with Crippen LogP contribution in [0.4, 0.5) is 0 Å². The van der Waals surface area contributed by atoms with Gasteiger partial charge in [0.25, 0.3) is 0 Å². The third kappa shape index (κ3) is 2.41. The second kappa shape index (κ2) is 4.98. The van der Waals surface area contributed by atoms with Gasteiger partial charge in [-0.15, -0.1) is 0 Å². The van der Waals surface area contributed by atoms with E-state index in [0.717, 1.165) is 62.8 Å². The summed E-state index contributed by atoms with van der Waals surface area (Å²) in [7, 11) is 0. The van der Waals surface area contributed by atoms with Crippen LogP contribution in [0.2, 0.25) is 0 Å². The average molecular weight is 314 g/mol. The van der Waals surface area contributed by atoms with E-state index >= 15 is 0 Å². The fraction of sp³-hybridized carbons (Fsp3) is 0.778. The van der Waals surface area contributed by atoms with Crippen molar-refractivity contribution in [2.45, 2.75) is 69.2 Å². The summed E-state index contributed by atoms with van der Waals surface area (Å²) in [5.41, 5.74) is 3.41. The number of hydrogen-bond acceptors (Lipinski definition) is 5. The zero-order chi connectivity index (χ0) is 15.5. The Balaban J connectivity index is 1.37. The summed E-state index contributed by atoms with van der Waals surface area (Å²) in [6.07, 6.45) is 9.53. The molecule has 1 aromatic rings. The molecular weight excluding hydrogens is 288 g/mol. The lowest BCUT2D eigenvalue weighted by molar-refractivity contribution is -0.142. The van der Waals surface area contributed by atoms with Crippen molar-refractivity contribution in [3.63, 3.8) is 0 Å². The first-order valence-electron chi connectivity index (χ1n) is 9.13. The van der Waals surface area contributed by atoms with Crippen LogP contribution in [0.3, 0.4) is 0 Å². The predicted molar refractivity (Wildman–Crippen MR) is 86.6 cm³/mol. The molecule has 4 saturated carbocycles. The maximum absolute atomic E-state index is 10.9. The maximum atomic E-state index is 10.9. The van der Waals surface area contributed by atoms with Crippen LogP contribution in [0, 0.1) is 11.8 Å². The molecule has 1 aliphatic heterocycles. The maximum Gasteiger partial charge on any atom is 0.116 e. The number of fused-ring (bicyclic) bond motifs is 1. The van der Waals surface area contributed by atoms with E-state index in [9.17, 15) is 5.11 Å². The highest BCUT2D eigenvalue weighted by molar-refractivity contribution is 5.27. The lowest BCUT2D eigenvalue weighted by atomic mass is 9.51. The van der Waals surface area contributed by atoms with Crippen LogP contribution in [0.15, 0.2) is 6.33 Å². The number of rotatable bonds is 3. The fourth-order valence-electron chi connectivity index (χ4n) is 6.20. The molecule has 1 aromatic heterocycles. The normalized spacial score (nSPS) is 41.1. The Morgan fingerprint density at radius 3 is 2.83 bits per heavy atom. The van der Waals surface area contributed by atoms with Crippen LogP contribution >= 0.6 is 0 Å². The second-order valence-corrected chi connectivity index (χ2v) is 8.49.